The Kier molecular flexibility index (Phi) is 6.84. The highest BCUT2D eigenvalue weighted by atomic mass is 15.3. The van der Waals surface area contributed by atoms with E-state index in [-0.39, 0.29) is 0 Å². The second-order valence-corrected chi connectivity index (χ2v) is 8.19. The van der Waals surface area contributed by atoms with Crippen molar-refractivity contribution >= 4 is 11.8 Å². The first-order valence-corrected chi connectivity index (χ1v) is 11.2. The molecule has 6 heteroatoms. The van der Waals surface area contributed by atoms with Gasteiger partial charge in [-0.25, -0.2) is 4.98 Å². The van der Waals surface area contributed by atoms with Crippen LogP contribution in [0.2, 0.25) is 0 Å². The van der Waals surface area contributed by atoms with Crippen molar-refractivity contribution < 1.29 is 0 Å². The Morgan fingerprint density at radius 3 is 2.63 bits per heavy atom. The molecule has 2 aromatic rings. The third-order valence-electron chi connectivity index (χ3n) is 6.37. The molecule has 6 nitrogen and oxygen atoms in total. The van der Waals surface area contributed by atoms with Crippen LogP contribution < -0.4 is 10.2 Å². The van der Waals surface area contributed by atoms with Gasteiger partial charge in [0.2, 0.25) is 0 Å². The zero-order valence-corrected chi connectivity index (χ0v) is 18.3. The highest BCUT2D eigenvalue weighted by Crippen LogP contribution is 2.27. The first-order valence-electron chi connectivity index (χ1n) is 11.2. The molecule has 0 spiro atoms. The summed E-state index contributed by atoms with van der Waals surface area (Å²) >= 11 is 0. The number of piperazine rings is 1. The van der Waals surface area contributed by atoms with E-state index in [1.807, 2.05) is 13.2 Å². The summed E-state index contributed by atoms with van der Waals surface area (Å²) in [6, 6.07) is 15.2. The Hall–Kier alpha value is -2.60. The molecule has 4 rings (SSSR count). The Bertz CT molecular complexity index is 829. The van der Waals surface area contributed by atoms with Crippen LogP contribution in [0.4, 0.5) is 5.82 Å². The van der Waals surface area contributed by atoms with E-state index in [4.69, 9.17) is 0 Å². The van der Waals surface area contributed by atoms with Gasteiger partial charge in [-0.2, -0.15) is 0 Å². The number of rotatable bonds is 5. The summed E-state index contributed by atoms with van der Waals surface area (Å²) in [7, 11) is 1.88. The van der Waals surface area contributed by atoms with Crippen molar-refractivity contribution in [2.24, 2.45) is 4.99 Å². The van der Waals surface area contributed by atoms with Crippen molar-refractivity contribution in [1.29, 1.82) is 0 Å². The third-order valence-corrected chi connectivity index (χ3v) is 6.37. The van der Waals surface area contributed by atoms with Gasteiger partial charge in [0.15, 0.2) is 5.96 Å². The summed E-state index contributed by atoms with van der Waals surface area (Å²) < 4.78 is 0. The molecule has 30 heavy (non-hydrogen) atoms. The van der Waals surface area contributed by atoms with Gasteiger partial charge in [0, 0.05) is 65.0 Å². The number of nitrogens with one attached hydrogen (secondary N) is 1. The van der Waals surface area contributed by atoms with Gasteiger partial charge in [-0.15, -0.1) is 0 Å². The summed E-state index contributed by atoms with van der Waals surface area (Å²) in [5.41, 5.74) is 2.68. The topological polar surface area (TPSA) is 47.0 Å². The minimum Gasteiger partial charge on any atom is -0.354 e. The molecule has 2 aliphatic heterocycles. The van der Waals surface area contributed by atoms with Crippen LogP contribution in [0.1, 0.15) is 30.4 Å². The number of likely N-dealkylation sites (N-methyl/N-ethyl adjacent to an activating group) is 1. The van der Waals surface area contributed by atoms with E-state index >= 15 is 0 Å². The summed E-state index contributed by atoms with van der Waals surface area (Å²) in [4.78, 5) is 16.4. The van der Waals surface area contributed by atoms with E-state index in [2.05, 4.69) is 79.4 Å². The third kappa shape index (κ3) is 4.93. The predicted octanol–water partition coefficient (Wildman–Crippen LogP) is 2.79. The second-order valence-electron chi connectivity index (χ2n) is 8.19. The quantitative estimate of drug-likeness (QED) is 0.611. The van der Waals surface area contributed by atoms with Crippen LogP contribution in [-0.2, 0) is 6.54 Å². The van der Waals surface area contributed by atoms with Crippen molar-refractivity contribution in [3.05, 3.63) is 59.8 Å². The fourth-order valence-corrected chi connectivity index (χ4v) is 4.50. The normalized spacial score (nSPS) is 20.6. The molecular weight excluding hydrogens is 372 g/mol. The van der Waals surface area contributed by atoms with Crippen molar-refractivity contribution in [1.82, 2.24) is 20.1 Å². The molecular formula is C24H34N6. The molecule has 1 unspecified atom stereocenters. The highest BCUT2D eigenvalue weighted by molar-refractivity contribution is 5.80. The molecule has 1 atom stereocenters. The monoisotopic (exact) mass is 406 g/mol. The van der Waals surface area contributed by atoms with Crippen LogP contribution in [0.5, 0.6) is 0 Å². The van der Waals surface area contributed by atoms with Crippen molar-refractivity contribution in [2.45, 2.75) is 25.8 Å². The van der Waals surface area contributed by atoms with E-state index in [1.165, 1.54) is 17.5 Å². The van der Waals surface area contributed by atoms with Crippen LogP contribution in [0.3, 0.4) is 0 Å². The molecule has 1 N–H and O–H groups in total. The number of pyridine rings is 1. The molecule has 1 aromatic carbocycles. The number of hydrogen-bond acceptors (Lipinski definition) is 4. The lowest BCUT2D eigenvalue weighted by molar-refractivity contribution is 0.270. The fourth-order valence-electron chi connectivity index (χ4n) is 4.50. The average molecular weight is 407 g/mol. The second kappa shape index (κ2) is 9.94. The fraction of sp³-hybridized carbons (Fsp3) is 0.500. The average Bonchev–Trinajstić information content (AvgIpc) is 3.30. The molecule has 2 fully saturated rings. The number of hydrogen-bond donors (Lipinski definition) is 1. The maximum Gasteiger partial charge on any atom is 0.193 e. The minimum atomic E-state index is 0.582. The maximum absolute atomic E-state index is 4.62. The summed E-state index contributed by atoms with van der Waals surface area (Å²) in [6.45, 7) is 10.5. The predicted molar refractivity (Wildman–Crippen MR) is 124 cm³/mol. The van der Waals surface area contributed by atoms with Gasteiger partial charge in [-0.05, 0) is 36.2 Å². The molecule has 1 aromatic heterocycles. The molecule has 0 amide bonds. The van der Waals surface area contributed by atoms with Gasteiger partial charge in [-0.1, -0.05) is 37.3 Å². The van der Waals surface area contributed by atoms with E-state index in [9.17, 15) is 0 Å². The van der Waals surface area contributed by atoms with Gasteiger partial charge in [-0.3, -0.25) is 4.99 Å². The first-order chi connectivity index (χ1) is 14.8. The Morgan fingerprint density at radius 1 is 1.10 bits per heavy atom. The van der Waals surface area contributed by atoms with E-state index < -0.39 is 0 Å². The van der Waals surface area contributed by atoms with E-state index in [0.29, 0.717) is 5.92 Å². The van der Waals surface area contributed by atoms with Crippen LogP contribution in [-0.4, -0.2) is 73.6 Å². The lowest BCUT2D eigenvalue weighted by Crippen LogP contribution is -2.46. The standard InChI is InChI=1S/C24H34N6/c1-3-28-13-15-29(16-14-28)23-17-20(9-11-26-23)18-27-24(25-2)30-12-10-22(19-30)21-7-5-4-6-8-21/h4-9,11,17,22H,3,10,12-16,18-19H2,1-2H3,(H,25,27). The smallest absolute Gasteiger partial charge is 0.193 e. The van der Waals surface area contributed by atoms with Crippen molar-refractivity contribution in [3.8, 4) is 0 Å². The molecule has 3 heterocycles. The molecule has 0 radical (unpaired) electrons. The SMILES string of the molecule is CCN1CCN(c2cc(CNC(=NC)N3CCC(c4ccccc4)C3)ccn2)CC1. The Balaban J connectivity index is 1.33. The maximum atomic E-state index is 4.62. The van der Waals surface area contributed by atoms with Crippen molar-refractivity contribution in [3.63, 3.8) is 0 Å². The highest BCUT2D eigenvalue weighted by Gasteiger charge is 2.26. The minimum absolute atomic E-state index is 0.582. The molecule has 0 saturated carbocycles. The first kappa shape index (κ1) is 20.7. The molecule has 0 aliphatic carbocycles. The van der Waals surface area contributed by atoms with Crippen LogP contribution in [0.25, 0.3) is 0 Å². The lowest BCUT2D eigenvalue weighted by atomic mass is 9.99. The van der Waals surface area contributed by atoms with Crippen molar-refractivity contribution in [2.75, 3.05) is 57.8 Å². The molecule has 160 valence electrons. The summed E-state index contributed by atoms with van der Waals surface area (Å²) in [5, 5.41) is 3.57. The van der Waals surface area contributed by atoms with Gasteiger partial charge < -0.3 is 20.0 Å². The van der Waals surface area contributed by atoms with Crippen LogP contribution >= 0.6 is 0 Å². The van der Waals surface area contributed by atoms with Gasteiger partial charge in [0.1, 0.15) is 5.82 Å². The lowest BCUT2D eigenvalue weighted by Gasteiger charge is -2.34. The van der Waals surface area contributed by atoms with Crippen LogP contribution in [0.15, 0.2) is 53.7 Å². The number of guanidine groups is 1. The largest absolute Gasteiger partial charge is 0.354 e. The number of aliphatic imine (C=N–C) groups is 1. The van der Waals surface area contributed by atoms with Crippen LogP contribution in [0, 0.1) is 0 Å². The molecule has 2 saturated heterocycles. The number of likely N-dealkylation sites (tertiary alicyclic amines) is 1. The summed E-state index contributed by atoms with van der Waals surface area (Å²) in [6.07, 6.45) is 3.11. The summed E-state index contributed by atoms with van der Waals surface area (Å²) in [5.74, 6) is 2.66. The van der Waals surface area contributed by atoms with Gasteiger partial charge in [0.05, 0.1) is 0 Å². The zero-order valence-electron chi connectivity index (χ0n) is 18.3. The van der Waals surface area contributed by atoms with E-state index in [0.717, 1.165) is 64.1 Å². The zero-order chi connectivity index (χ0) is 20.8. The number of benzene rings is 1. The Labute approximate surface area is 180 Å². The number of anilines is 1. The van der Waals surface area contributed by atoms with E-state index in [1.54, 1.807) is 0 Å². The van der Waals surface area contributed by atoms with Gasteiger partial charge in [0.25, 0.3) is 0 Å². The number of aromatic nitrogens is 1. The molecule has 0 bridgehead atoms. The van der Waals surface area contributed by atoms with Gasteiger partial charge >= 0.3 is 0 Å². The Morgan fingerprint density at radius 2 is 1.90 bits per heavy atom. The molecule has 2 aliphatic rings. The number of nitrogens with zero attached hydrogens (tertiary/aromatic N) is 5.